The Balaban J connectivity index is 1.91. The molecular formula is C22H16F6N2O3. The van der Waals surface area contributed by atoms with Crippen molar-refractivity contribution in [2.24, 2.45) is 0 Å². The number of ether oxygens (including phenoxy) is 1. The van der Waals surface area contributed by atoms with Crippen molar-refractivity contribution in [2.45, 2.75) is 24.8 Å². The van der Waals surface area contributed by atoms with E-state index in [-0.39, 0.29) is 24.6 Å². The van der Waals surface area contributed by atoms with Crippen LogP contribution < -0.4 is 5.32 Å². The molecule has 174 valence electrons. The monoisotopic (exact) mass is 470 g/mol. The van der Waals surface area contributed by atoms with Gasteiger partial charge in [0, 0.05) is 23.1 Å². The van der Waals surface area contributed by atoms with Crippen molar-refractivity contribution in [2.75, 3.05) is 7.11 Å². The van der Waals surface area contributed by atoms with Gasteiger partial charge in [-0.1, -0.05) is 24.3 Å². The molecule has 11 heteroatoms. The summed E-state index contributed by atoms with van der Waals surface area (Å²) in [4.78, 5) is 29.1. The fourth-order valence-corrected chi connectivity index (χ4v) is 3.09. The second kappa shape index (κ2) is 9.08. The van der Waals surface area contributed by atoms with Gasteiger partial charge in [0.05, 0.1) is 23.8 Å². The van der Waals surface area contributed by atoms with E-state index in [0.29, 0.717) is 11.2 Å². The quantitative estimate of drug-likeness (QED) is 0.430. The first kappa shape index (κ1) is 24.0. The molecule has 0 saturated heterocycles. The minimum Gasteiger partial charge on any atom is -0.467 e. The number of hydrogen-bond donors (Lipinski definition) is 1. The lowest BCUT2D eigenvalue weighted by atomic mass is 10.0. The van der Waals surface area contributed by atoms with Crippen molar-refractivity contribution in [3.05, 3.63) is 77.0 Å². The van der Waals surface area contributed by atoms with Crippen molar-refractivity contribution in [3.8, 4) is 0 Å². The number of hydrogen-bond acceptors (Lipinski definition) is 4. The number of pyridine rings is 1. The molecule has 0 fully saturated rings. The lowest BCUT2D eigenvalue weighted by Crippen LogP contribution is -2.43. The molecule has 33 heavy (non-hydrogen) atoms. The summed E-state index contributed by atoms with van der Waals surface area (Å²) in [7, 11) is 1.03. The summed E-state index contributed by atoms with van der Waals surface area (Å²) in [6.45, 7) is 0. The standard InChI is InChI=1S/C22H16F6N2O3/c1-33-20(32)18(11-16-7-6-12-4-2-3-5-17(12)29-16)30-19(31)13-8-14(21(23,24)25)10-15(9-13)22(26,27)28/h2-10,18H,11H2,1H3,(H,30,31)/t18-/m1/s1. The lowest BCUT2D eigenvalue weighted by Gasteiger charge is -2.18. The molecule has 5 nitrogen and oxygen atoms in total. The number of carbonyl (C=O) groups is 2. The second-order valence-electron chi connectivity index (χ2n) is 7.04. The van der Waals surface area contributed by atoms with Gasteiger partial charge in [-0.05, 0) is 30.3 Å². The zero-order valence-electron chi connectivity index (χ0n) is 16.9. The molecule has 0 aliphatic rings. The molecule has 3 aromatic rings. The number of fused-ring (bicyclic) bond motifs is 1. The maximum Gasteiger partial charge on any atom is 0.416 e. The fraction of sp³-hybridized carbons (Fsp3) is 0.227. The molecule has 1 N–H and O–H groups in total. The number of carbonyl (C=O) groups excluding carboxylic acids is 2. The number of aromatic nitrogens is 1. The van der Waals surface area contributed by atoms with E-state index >= 15 is 0 Å². The van der Waals surface area contributed by atoms with E-state index in [9.17, 15) is 35.9 Å². The Morgan fingerprint density at radius 1 is 0.939 bits per heavy atom. The largest absolute Gasteiger partial charge is 0.467 e. The van der Waals surface area contributed by atoms with Crippen LogP contribution in [0.15, 0.2) is 54.6 Å². The molecule has 0 spiro atoms. The van der Waals surface area contributed by atoms with Crippen LogP contribution in [0.3, 0.4) is 0 Å². The Kier molecular flexibility index (Phi) is 6.61. The van der Waals surface area contributed by atoms with Gasteiger partial charge in [-0.3, -0.25) is 9.78 Å². The van der Waals surface area contributed by atoms with Gasteiger partial charge >= 0.3 is 18.3 Å². The number of para-hydroxylation sites is 1. The third-order valence-electron chi connectivity index (χ3n) is 4.71. The molecule has 1 heterocycles. The minimum absolute atomic E-state index is 0.0897. The van der Waals surface area contributed by atoms with Crippen LogP contribution in [-0.4, -0.2) is 30.0 Å². The number of benzene rings is 2. The molecule has 0 saturated carbocycles. The summed E-state index contributed by atoms with van der Waals surface area (Å²) >= 11 is 0. The van der Waals surface area contributed by atoms with E-state index in [1.165, 1.54) is 0 Å². The highest BCUT2D eigenvalue weighted by Gasteiger charge is 2.38. The molecule has 0 bridgehead atoms. The third kappa shape index (κ3) is 5.79. The van der Waals surface area contributed by atoms with Crippen molar-refractivity contribution in [1.29, 1.82) is 0 Å². The smallest absolute Gasteiger partial charge is 0.416 e. The number of amides is 1. The predicted octanol–water partition coefficient (Wildman–Crippen LogP) is 4.79. The molecule has 1 atom stereocenters. The number of nitrogens with one attached hydrogen (secondary N) is 1. The first-order valence-electron chi connectivity index (χ1n) is 9.41. The molecule has 2 aromatic carbocycles. The highest BCUT2D eigenvalue weighted by Crippen LogP contribution is 2.36. The van der Waals surface area contributed by atoms with Gasteiger partial charge in [-0.15, -0.1) is 0 Å². The van der Waals surface area contributed by atoms with Crippen LogP contribution in [0, 0.1) is 0 Å². The highest BCUT2D eigenvalue weighted by atomic mass is 19.4. The van der Waals surface area contributed by atoms with E-state index in [0.717, 1.165) is 12.5 Å². The highest BCUT2D eigenvalue weighted by molar-refractivity contribution is 5.97. The summed E-state index contributed by atoms with van der Waals surface area (Å²) < 4.78 is 83.1. The van der Waals surface area contributed by atoms with Crippen LogP contribution in [0.2, 0.25) is 0 Å². The Labute approximate surface area is 183 Å². The molecule has 0 unspecified atom stereocenters. The minimum atomic E-state index is -5.12. The van der Waals surface area contributed by atoms with Crippen molar-refractivity contribution < 1.29 is 40.7 Å². The maximum atomic E-state index is 13.1. The third-order valence-corrected chi connectivity index (χ3v) is 4.71. The molecule has 0 aliphatic heterocycles. The number of alkyl halides is 6. The van der Waals surface area contributed by atoms with Gasteiger partial charge in [0.1, 0.15) is 6.04 Å². The number of esters is 1. The predicted molar refractivity (Wildman–Crippen MR) is 105 cm³/mol. The lowest BCUT2D eigenvalue weighted by molar-refractivity contribution is -0.144. The van der Waals surface area contributed by atoms with E-state index in [1.54, 1.807) is 36.4 Å². The first-order valence-corrected chi connectivity index (χ1v) is 9.41. The summed E-state index contributed by atoms with van der Waals surface area (Å²) in [5, 5.41) is 2.96. The van der Waals surface area contributed by atoms with E-state index in [2.05, 4.69) is 15.0 Å². The molecular weight excluding hydrogens is 454 g/mol. The van der Waals surface area contributed by atoms with E-state index < -0.39 is 47.0 Å². The van der Waals surface area contributed by atoms with Crippen LogP contribution in [0.1, 0.15) is 27.2 Å². The van der Waals surface area contributed by atoms with Gasteiger partial charge in [-0.2, -0.15) is 26.3 Å². The van der Waals surface area contributed by atoms with Crippen LogP contribution >= 0.6 is 0 Å². The van der Waals surface area contributed by atoms with Gasteiger partial charge in [0.25, 0.3) is 5.91 Å². The molecule has 0 radical (unpaired) electrons. The Bertz CT molecular complexity index is 1160. The SMILES string of the molecule is COC(=O)[C@@H](Cc1ccc2ccccc2n1)NC(=O)c1cc(C(F)(F)F)cc(C(F)(F)F)c1. The van der Waals surface area contributed by atoms with Crippen molar-refractivity contribution >= 4 is 22.8 Å². The number of halogens is 6. The second-order valence-corrected chi connectivity index (χ2v) is 7.04. The summed E-state index contributed by atoms with van der Waals surface area (Å²) in [5.41, 5.74) is -3.25. The summed E-state index contributed by atoms with van der Waals surface area (Å²) in [6.07, 6.45) is -10.4. The molecule has 1 aromatic heterocycles. The van der Waals surface area contributed by atoms with E-state index in [1.807, 2.05) is 0 Å². The fourth-order valence-electron chi connectivity index (χ4n) is 3.09. The average Bonchev–Trinajstić information content (AvgIpc) is 2.76. The average molecular weight is 470 g/mol. The van der Waals surface area contributed by atoms with Gasteiger partial charge in [-0.25, -0.2) is 4.79 Å². The molecule has 1 amide bonds. The zero-order valence-corrected chi connectivity index (χ0v) is 16.9. The molecule has 0 aliphatic carbocycles. The number of methoxy groups -OCH3 is 1. The number of rotatable bonds is 5. The van der Waals surface area contributed by atoms with Crippen LogP contribution in [-0.2, 0) is 28.3 Å². The Morgan fingerprint density at radius 3 is 2.12 bits per heavy atom. The van der Waals surface area contributed by atoms with Crippen LogP contribution in [0.25, 0.3) is 10.9 Å². The van der Waals surface area contributed by atoms with Crippen LogP contribution in [0.5, 0.6) is 0 Å². The maximum absolute atomic E-state index is 13.1. The van der Waals surface area contributed by atoms with Gasteiger partial charge in [0.2, 0.25) is 0 Å². The van der Waals surface area contributed by atoms with Crippen LogP contribution in [0.4, 0.5) is 26.3 Å². The Morgan fingerprint density at radius 2 is 1.55 bits per heavy atom. The van der Waals surface area contributed by atoms with Crippen molar-refractivity contribution in [3.63, 3.8) is 0 Å². The molecule has 3 rings (SSSR count). The zero-order chi connectivity index (χ0) is 24.4. The Hall–Kier alpha value is -3.63. The topological polar surface area (TPSA) is 68.3 Å². The van der Waals surface area contributed by atoms with Gasteiger partial charge in [0.15, 0.2) is 0 Å². The van der Waals surface area contributed by atoms with Crippen molar-refractivity contribution in [1.82, 2.24) is 10.3 Å². The van der Waals surface area contributed by atoms with E-state index in [4.69, 9.17) is 0 Å². The number of nitrogens with zero attached hydrogens (tertiary/aromatic N) is 1. The first-order chi connectivity index (χ1) is 15.4. The van der Waals surface area contributed by atoms with Gasteiger partial charge < -0.3 is 10.1 Å². The summed E-state index contributed by atoms with van der Waals surface area (Å²) in [6, 6.07) is 9.43. The summed E-state index contributed by atoms with van der Waals surface area (Å²) in [5.74, 6) is -2.25. The normalized spacial score (nSPS) is 12.9.